The molecule has 2 rings (SSSR count). The van der Waals surface area contributed by atoms with Gasteiger partial charge in [0.1, 0.15) is 0 Å². The smallest absolute Gasteiger partial charge is 0.387 e. The van der Waals surface area contributed by atoms with Gasteiger partial charge in [0.05, 0.1) is 12.9 Å². The Morgan fingerprint density at radius 1 is 1.06 bits per heavy atom. The third-order valence-corrected chi connectivity index (χ3v) is 5.64. The summed E-state index contributed by atoms with van der Waals surface area (Å²) in [6.45, 7) is 0.799. The standard InChI is InChI=1S/C22H26F2N2O5S/c1-15(2)26-32(28,29)14-18-6-4-17(5-7-18)13-25-21(27)11-9-16-8-10-19(31-22(23)24)20(12-16)30-3/h4-12,15,22,26H,13-14H2,1-3H3,(H,25,27)/b11-9+. The van der Waals surface area contributed by atoms with E-state index in [0.717, 1.165) is 5.56 Å². The number of sulfonamides is 1. The number of amides is 1. The number of carbonyl (C=O) groups is 1. The Kier molecular flexibility index (Phi) is 9.15. The van der Waals surface area contributed by atoms with E-state index >= 15 is 0 Å². The molecule has 7 nitrogen and oxygen atoms in total. The second kappa shape index (κ2) is 11.6. The SMILES string of the molecule is COc1cc(/C=C/C(=O)NCc2ccc(CS(=O)(=O)NC(C)C)cc2)ccc1OC(F)F. The van der Waals surface area contributed by atoms with E-state index < -0.39 is 16.6 Å². The molecule has 0 aliphatic rings. The van der Waals surface area contributed by atoms with Crippen LogP contribution in [-0.4, -0.2) is 34.1 Å². The monoisotopic (exact) mass is 468 g/mol. The number of hydrogen-bond donors (Lipinski definition) is 2. The van der Waals surface area contributed by atoms with Crippen LogP contribution in [0.15, 0.2) is 48.5 Å². The van der Waals surface area contributed by atoms with Crippen LogP contribution in [0.4, 0.5) is 8.78 Å². The molecule has 2 N–H and O–H groups in total. The minimum absolute atomic E-state index is 0.0969. The molecule has 2 aromatic rings. The molecule has 0 aromatic heterocycles. The van der Waals surface area contributed by atoms with E-state index in [2.05, 4.69) is 14.8 Å². The number of methoxy groups -OCH3 is 1. The Hall–Kier alpha value is -2.98. The van der Waals surface area contributed by atoms with Gasteiger partial charge in [-0.15, -0.1) is 0 Å². The number of hydrogen-bond acceptors (Lipinski definition) is 5. The molecule has 0 atom stereocenters. The third kappa shape index (κ3) is 8.64. The molecule has 32 heavy (non-hydrogen) atoms. The van der Waals surface area contributed by atoms with Gasteiger partial charge < -0.3 is 14.8 Å². The van der Waals surface area contributed by atoms with Gasteiger partial charge in [-0.25, -0.2) is 13.1 Å². The molecule has 174 valence electrons. The average Bonchev–Trinajstić information content (AvgIpc) is 2.70. The number of nitrogens with one attached hydrogen (secondary N) is 2. The maximum absolute atomic E-state index is 12.4. The first-order chi connectivity index (χ1) is 15.1. The van der Waals surface area contributed by atoms with Crippen molar-refractivity contribution in [1.82, 2.24) is 10.0 Å². The molecule has 0 saturated carbocycles. The molecule has 0 radical (unpaired) electrons. The van der Waals surface area contributed by atoms with Crippen molar-refractivity contribution in [2.75, 3.05) is 7.11 Å². The second-order valence-electron chi connectivity index (χ2n) is 7.19. The summed E-state index contributed by atoms with van der Waals surface area (Å²) in [5.74, 6) is -0.450. The van der Waals surface area contributed by atoms with E-state index in [1.807, 2.05) is 0 Å². The third-order valence-electron chi connectivity index (χ3n) is 4.09. The number of benzene rings is 2. The maximum atomic E-state index is 12.4. The van der Waals surface area contributed by atoms with Crippen molar-refractivity contribution in [3.8, 4) is 11.5 Å². The number of rotatable bonds is 11. The summed E-state index contributed by atoms with van der Waals surface area (Å²) < 4.78 is 60.6. The predicted molar refractivity (Wildman–Crippen MR) is 118 cm³/mol. The molecule has 0 bridgehead atoms. The Morgan fingerprint density at radius 3 is 2.31 bits per heavy atom. The molecule has 0 unspecified atom stereocenters. The summed E-state index contributed by atoms with van der Waals surface area (Å²) in [5.41, 5.74) is 2.01. The highest BCUT2D eigenvalue weighted by molar-refractivity contribution is 7.88. The molecule has 0 saturated heterocycles. The highest BCUT2D eigenvalue weighted by Crippen LogP contribution is 2.29. The first-order valence-electron chi connectivity index (χ1n) is 9.74. The summed E-state index contributed by atoms with van der Waals surface area (Å²) in [4.78, 5) is 12.1. The maximum Gasteiger partial charge on any atom is 0.387 e. The van der Waals surface area contributed by atoms with Crippen LogP contribution >= 0.6 is 0 Å². The normalized spacial score (nSPS) is 11.8. The average molecular weight is 469 g/mol. The second-order valence-corrected chi connectivity index (χ2v) is 8.94. The fourth-order valence-corrected chi connectivity index (χ4v) is 4.21. The molecule has 0 fully saturated rings. The van der Waals surface area contributed by atoms with Crippen molar-refractivity contribution in [3.05, 3.63) is 65.2 Å². The van der Waals surface area contributed by atoms with Crippen molar-refractivity contribution in [2.45, 2.75) is 38.8 Å². The van der Waals surface area contributed by atoms with E-state index in [0.29, 0.717) is 11.1 Å². The summed E-state index contributed by atoms with van der Waals surface area (Å²) >= 11 is 0. The quantitative estimate of drug-likeness (QED) is 0.493. The Labute approximate surface area is 186 Å². The zero-order valence-corrected chi connectivity index (χ0v) is 18.8. The van der Waals surface area contributed by atoms with Crippen LogP contribution in [0.2, 0.25) is 0 Å². The topological polar surface area (TPSA) is 93.7 Å². The largest absolute Gasteiger partial charge is 0.493 e. The zero-order chi connectivity index (χ0) is 23.7. The van der Waals surface area contributed by atoms with Gasteiger partial charge in [0.25, 0.3) is 0 Å². The summed E-state index contributed by atoms with van der Waals surface area (Å²) in [6, 6.07) is 11.0. The predicted octanol–water partition coefficient (Wildman–Crippen LogP) is 3.45. The first-order valence-corrected chi connectivity index (χ1v) is 11.4. The van der Waals surface area contributed by atoms with Crippen molar-refractivity contribution in [3.63, 3.8) is 0 Å². The minimum Gasteiger partial charge on any atom is -0.493 e. The number of ether oxygens (including phenoxy) is 2. The first kappa shape index (κ1) is 25.3. The van der Waals surface area contributed by atoms with Gasteiger partial charge in [-0.2, -0.15) is 8.78 Å². The lowest BCUT2D eigenvalue weighted by molar-refractivity contribution is -0.116. The summed E-state index contributed by atoms with van der Waals surface area (Å²) in [5, 5.41) is 2.72. The van der Waals surface area contributed by atoms with Gasteiger partial charge in [-0.05, 0) is 48.7 Å². The highest BCUT2D eigenvalue weighted by Gasteiger charge is 2.13. The molecule has 0 aliphatic heterocycles. The van der Waals surface area contributed by atoms with Gasteiger partial charge in [0.15, 0.2) is 11.5 Å². The Bertz CT molecular complexity index is 1040. The number of carbonyl (C=O) groups excluding carboxylic acids is 1. The van der Waals surface area contributed by atoms with Crippen molar-refractivity contribution < 1.29 is 31.5 Å². The molecule has 0 aliphatic carbocycles. The van der Waals surface area contributed by atoms with Crippen molar-refractivity contribution >= 4 is 22.0 Å². The van der Waals surface area contributed by atoms with Crippen LogP contribution < -0.4 is 19.5 Å². The van der Waals surface area contributed by atoms with Crippen molar-refractivity contribution in [1.29, 1.82) is 0 Å². The van der Waals surface area contributed by atoms with Gasteiger partial charge >= 0.3 is 6.61 Å². The summed E-state index contributed by atoms with van der Waals surface area (Å²) in [7, 11) is -2.07. The Balaban J connectivity index is 1.90. The van der Waals surface area contributed by atoms with Crippen LogP contribution in [0, 0.1) is 0 Å². The molecule has 2 aromatic carbocycles. The molecule has 1 amide bonds. The van der Waals surface area contributed by atoms with E-state index in [9.17, 15) is 22.0 Å². The molecule has 0 heterocycles. The Morgan fingerprint density at radius 2 is 1.72 bits per heavy atom. The van der Waals surface area contributed by atoms with Crippen LogP contribution in [-0.2, 0) is 27.1 Å². The van der Waals surface area contributed by atoms with Crippen LogP contribution in [0.5, 0.6) is 11.5 Å². The van der Waals surface area contributed by atoms with E-state index in [-0.39, 0.29) is 35.7 Å². The van der Waals surface area contributed by atoms with E-state index in [4.69, 9.17) is 4.74 Å². The fraction of sp³-hybridized carbons (Fsp3) is 0.318. The van der Waals surface area contributed by atoms with E-state index in [1.54, 1.807) is 38.1 Å². The van der Waals surface area contributed by atoms with E-state index in [1.165, 1.54) is 37.5 Å². The number of halogens is 2. The highest BCUT2D eigenvalue weighted by atomic mass is 32.2. The molecule has 10 heteroatoms. The van der Waals surface area contributed by atoms with Crippen LogP contribution in [0.3, 0.4) is 0 Å². The summed E-state index contributed by atoms with van der Waals surface area (Å²) in [6.07, 6.45) is 2.82. The fourth-order valence-electron chi connectivity index (χ4n) is 2.77. The van der Waals surface area contributed by atoms with Gasteiger partial charge in [-0.3, -0.25) is 4.79 Å². The number of alkyl halides is 2. The zero-order valence-electron chi connectivity index (χ0n) is 18.0. The lowest BCUT2D eigenvalue weighted by atomic mass is 10.1. The lowest BCUT2D eigenvalue weighted by Gasteiger charge is -2.10. The van der Waals surface area contributed by atoms with Gasteiger partial charge in [0.2, 0.25) is 15.9 Å². The minimum atomic E-state index is -3.40. The molecular formula is C22H26F2N2O5S. The van der Waals surface area contributed by atoms with Gasteiger partial charge in [0, 0.05) is 18.7 Å². The molecule has 0 spiro atoms. The van der Waals surface area contributed by atoms with Crippen molar-refractivity contribution in [2.24, 2.45) is 0 Å². The molecular weight excluding hydrogens is 442 g/mol. The lowest BCUT2D eigenvalue weighted by Crippen LogP contribution is -2.31. The van der Waals surface area contributed by atoms with Crippen LogP contribution in [0.1, 0.15) is 30.5 Å². The van der Waals surface area contributed by atoms with Gasteiger partial charge in [-0.1, -0.05) is 30.3 Å². The van der Waals surface area contributed by atoms with Crippen LogP contribution in [0.25, 0.3) is 6.08 Å².